The average molecular weight is 381 g/mol. The van der Waals surface area contributed by atoms with E-state index in [1.54, 1.807) is 0 Å². The van der Waals surface area contributed by atoms with Gasteiger partial charge in [0.05, 0.1) is 24.4 Å². The number of halogens is 1. The van der Waals surface area contributed by atoms with Gasteiger partial charge in [-0.1, -0.05) is 17.7 Å². The Morgan fingerprint density at radius 1 is 1.19 bits per heavy atom. The van der Waals surface area contributed by atoms with E-state index < -0.39 is 11.7 Å². The van der Waals surface area contributed by atoms with Crippen LogP contribution in [0.15, 0.2) is 24.3 Å². The summed E-state index contributed by atoms with van der Waals surface area (Å²) in [4.78, 5) is 4.57. The largest absolute Gasteiger partial charge is 0.391 e. The van der Waals surface area contributed by atoms with E-state index in [0.29, 0.717) is 13.0 Å². The second-order valence-corrected chi connectivity index (χ2v) is 9.13. The van der Waals surface area contributed by atoms with Gasteiger partial charge in [0.1, 0.15) is 5.60 Å². The molecule has 1 aromatic carbocycles. The molecule has 3 fully saturated rings. The third-order valence-corrected chi connectivity index (χ3v) is 6.66. The zero-order chi connectivity index (χ0) is 18.5. The van der Waals surface area contributed by atoms with Crippen molar-refractivity contribution in [3.05, 3.63) is 29.3 Å². The molecule has 144 valence electrons. The number of benzene rings is 1. The summed E-state index contributed by atoms with van der Waals surface area (Å²) in [7, 11) is 0. The lowest BCUT2D eigenvalue weighted by Crippen LogP contribution is -2.64. The highest BCUT2D eigenvalue weighted by atomic mass is 35.5. The lowest BCUT2D eigenvalue weighted by atomic mass is 9.78. The Morgan fingerprint density at radius 2 is 1.92 bits per heavy atom. The Labute approximate surface area is 160 Å². The summed E-state index contributed by atoms with van der Waals surface area (Å²) in [5.74, 6) is 0.0946. The molecule has 1 aromatic rings. The summed E-state index contributed by atoms with van der Waals surface area (Å²) in [6.45, 7) is 7.78. The molecule has 4 rings (SSSR count). The third-order valence-electron chi connectivity index (χ3n) is 6.42. The van der Waals surface area contributed by atoms with E-state index in [-0.39, 0.29) is 17.6 Å². The number of anilines is 1. The second kappa shape index (κ2) is 6.64. The molecular weight excluding hydrogens is 352 g/mol. The Kier molecular flexibility index (Phi) is 4.73. The van der Waals surface area contributed by atoms with Gasteiger partial charge in [-0.15, -0.1) is 0 Å². The Balaban J connectivity index is 1.46. The maximum absolute atomic E-state index is 11.4. The fourth-order valence-electron chi connectivity index (χ4n) is 5.12. The number of fused-ring (bicyclic) bond motifs is 1. The molecule has 26 heavy (non-hydrogen) atoms. The highest BCUT2D eigenvalue weighted by Gasteiger charge is 2.59. The van der Waals surface area contributed by atoms with Crippen LogP contribution in [0, 0.1) is 5.92 Å². The number of piperazine rings is 1. The minimum atomic E-state index is -0.951. The fourth-order valence-corrected chi connectivity index (χ4v) is 5.30. The lowest BCUT2D eigenvalue weighted by Gasteiger charge is -2.49. The van der Waals surface area contributed by atoms with Crippen LogP contribution in [0.25, 0.3) is 0 Å². The molecule has 0 amide bonds. The van der Waals surface area contributed by atoms with Gasteiger partial charge in [-0.25, -0.2) is 0 Å². The molecule has 2 saturated heterocycles. The number of ether oxygens (including phenoxy) is 1. The van der Waals surface area contributed by atoms with Crippen molar-refractivity contribution in [3.8, 4) is 0 Å². The molecule has 4 atom stereocenters. The van der Waals surface area contributed by atoms with E-state index >= 15 is 0 Å². The molecule has 6 heteroatoms. The normalized spacial score (nSPS) is 37.6. The van der Waals surface area contributed by atoms with Crippen LogP contribution in [-0.4, -0.2) is 71.2 Å². The van der Waals surface area contributed by atoms with Crippen molar-refractivity contribution in [1.82, 2.24) is 4.90 Å². The van der Waals surface area contributed by atoms with E-state index in [1.165, 1.54) is 0 Å². The molecule has 1 saturated carbocycles. The number of rotatable bonds is 2. The van der Waals surface area contributed by atoms with Gasteiger partial charge in [0, 0.05) is 36.9 Å². The average Bonchev–Trinajstić information content (AvgIpc) is 2.84. The maximum atomic E-state index is 11.4. The number of nitrogens with zero attached hydrogens (tertiary/aromatic N) is 2. The molecule has 0 unspecified atom stereocenters. The standard InChI is InChI=1S/C20H29ClN2O3/c1-19(2)12-14-10-17(24)18(20(14,25)13-26-19)23-8-6-22(7-9-23)16-5-3-4-15(21)11-16/h3-5,11,14,17-18,24-25H,6-10,12-13H2,1-2H3/t14-,17-,18+,20+/m1/s1. The monoisotopic (exact) mass is 380 g/mol. The highest BCUT2D eigenvalue weighted by Crippen LogP contribution is 2.47. The Bertz CT molecular complexity index is 662. The molecule has 0 aromatic heterocycles. The molecule has 1 aliphatic carbocycles. The summed E-state index contributed by atoms with van der Waals surface area (Å²) in [6.07, 6.45) is 0.947. The lowest BCUT2D eigenvalue weighted by molar-refractivity contribution is -0.198. The van der Waals surface area contributed by atoms with E-state index in [9.17, 15) is 10.2 Å². The van der Waals surface area contributed by atoms with Crippen molar-refractivity contribution >= 4 is 17.3 Å². The molecule has 2 heterocycles. The minimum Gasteiger partial charge on any atom is -0.391 e. The van der Waals surface area contributed by atoms with Gasteiger partial charge < -0.3 is 19.8 Å². The summed E-state index contributed by atoms with van der Waals surface area (Å²) in [6, 6.07) is 7.68. The summed E-state index contributed by atoms with van der Waals surface area (Å²) in [5.41, 5.74) is -0.0484. The van der Waals surface area contributed by atoms with Gasteiger partial charge in [0.15, 0.2) is 0 Å². The molecule has 3 aliphatic rings. The first kappa shape index (κ1) is 18.5. The van der Waals surface area contributed by atoms with Gasteiger partial charge in [-0.3, -0.25) is 4.90 Å². The quantitative estimate of drug-likeness (QED) is 0.823. The van der Waals surface area contributed by atoms with Crippen LogP contribution in [0.2, 0.25) is 5.02 Å². The fraction of sp³-hybridized carbons (Fsp3) is 0.700. The Morgan fingerprint density at radius 3 is 2.62 bits per heavy atom. The maximum Gasteiger partial charge on any atom is 0.109 e. The van der Waals surface area contributed by atoms with E-state index in [4.69, 9.17) is 16.3 Å². The first-order valence-electron chi connectivity index (χ1n) is 9.57. The summed E-state index contributed by atoms with van der Waals surface area (Å²) < 4.78 is 5.94. The SMILES string of the molecule is CC1(C)C[C@H]2C[C@@H](O)[C@H](N3CCN(c4cccc(Cl)c4)CC3)[C@]2(O)CO1. The van der Waals surface area contributed by atoms with Crippen LogP contribution >= 0.6 is 11.6 Å². The Hall–Kier alpha value is -0.850. The molecule has 0 bridgehead atoms. The predicted molar refractivity (Wildman–Crippen MR) is 103 cm³/mol. The van der Waals surface area contributed by atoms with Crippen molar-refractivity contribution < 1.29 is 14.9 Å². The molecule has 5 nitrogen and oxygen atoms in total. The molecule has 2 aliphatic heterocycles. The van der Waals surface area contributed by atoms with Gasteiger partial charge >= 0.3 is 0 Å². The van der Waals surface area contributed by atoms with Crippen molar-refractivity contribution in [2.24, 2.45) is 5.92 Å². The van der Waals surface area contributed by atoms with Crippen LogP contribution < -0.4 is 4.90 Å². The first-order valence-corrected chi connectivity index (χ1v) is 9.95. The predicted octanol–water partition coefficient (Wildman–Crippen LogP) is 2.14. The third kappa shape index (κ3) is 3.25. The van der Waals surface area contributed by atoms with Crippen molar-refractivity contribution in [1.29, 1.82) is 0 Å². The molecular formula is C20H29ClN2O3. The number of aliphatic hydroxyl groups is 2. The number of hydrogen-bond acceptors (Lipinski definition) is 5. The van der Waals surface area contributed by atoms with Crippen molar-refractivity contribution in [2.45, 2.75) is 50.0 Å². The van der Waals surface area contributed by atoms with E-state index in [1.807, 2.05) is 18.2 Å². The van der Waals surface area contributed by atoms with Crippen molar-refractivity contribution in [2.75, 3.05) is 37.7 Å². The van der Waals surface area contributed by atoms with Crippen LogP contribution in [0.5, 0.6) is 0 Å². The van der Waals surface area contributed by atoms with Crippen LogP contribution in [0.4, 0.5) is 5.69 Å². The van der Waals surface area contributed by atoms with Crippen LogP contribution in [0.3, 0.4) is 0 Å². The number of hydrogen-bond donors (Lipinski definition) is 2. The van der Waals surface area contributed by atoms with E-state index in [2.05, 4.69) is 29.7 Å². The van der Waals surface area contributed by atoms with Crippen LogP contribution in [0.1, 0.15) is 26.7 Å². The minimum absolute atomic E-state index is 0.0946. The van der Waals surface area contributed by atoms with Gasteiger partial charge in [-0.2, -0.15) is 0 Å². The highest BCUT2D eigenvalue weighted by molar-refractivity contribution is 6.30. The van der Waals surface area contributed by atoms with Gasteiger partial charge in [0.25, 0.3) is 0 Å². The molecule has 2 N–H and O–H groups in total. The van der Waals surface area contributed by atoms with Gasteiger partial charge in [-0.05, 0) is 50.8 Å². The van der Waals surface area contributed by atoms with E-state index in [0.717, 1.165) is 43.3 Å². The molecule has 0 spiro atoms. The smallest absolute Gasteiger partial charge is 0.109 e. The summed E-state index contributed by atoms with van der Waals surface area (Å²) in [5, 5.41) is 22.9. The first-order chi connectivity index (χ1) is 12.3. The van der Waals surface area contributed by atoms with Crippen LogP contribution in [-0.2, 0) is 4.74 Å². The zero-order valence-corrected chi connectivity index (χ0v) is 16.3. The zero-order valence-electron chi connectivity index (χ0n) is 15.6. The summed E-state index contributed by atoms with van der Waals surface area (Å²) >= 11 is 6.12. The topological polar surface area (TPSA) is 56.2 Å². The second-order valence-electron chi connectivity index (χ2n) is 8.69. The molecule has 0 radical (unpaired) electrons. The van der Waals surface area contributed by atoms with Gasteiger partial charge in [0.2, 0.25) is 0 Å². The number of aliphatic hydroxyl groups excluding tert-OH is 1. The van der Waals surface area contributed by atoms with Crippen molar-refractivity contribution in [3.63, 3.8) is 0 Å².